The van der Waals surface area contributed by atoms with Gasteiger partial charge in [0.25, 0.3) is 0 Å². The van der Waals surface area contributed by atoms with Gasteiger partial charge in [0.1, 0.15) is 5.78 Å². The van der Waals surface area contributed by atoms with Crippen molar-refractivity contribution in [2.24, 2.45) is 0 Å². The van der Waals surface area contributed by atoms with Crippen LogP contribution in [0.2, 0.25) is 0 Å². The molecule has 0 radical (unpaired) electrons. The molecule has 1 nitrogen and oxygen atoms in total. The average Bonchev–Trinajstić information content (AvgIpc) is 1.84. The molecule has 0 aliphatic heterocycles. The molecular formula is C8H13ClO. The van der Waals surface area contributed by atoms with Crippen LogP contribution in [0.3, 0.4) is 0 Å². The summed E-state index contributed by atoms with van der Waals surface area (Å²) in [4.78, 5) is 10.9. The lowest BCUT2D eigenvalue weighted by molar-refractivity contribution is -0.119. The Labute approximate surface area is 66.8 Å². The van der Waals surface area contributed by atoms with Gasteiger partial charge in [-0.15, -0.1) is 11.6 Å². The molecule has 58 valence electrons. The third-order valence-electron chi connectivity index (χ3n) is 1.95. The van der Waals surface area contributed by atoms with Gasteiger partial charge in [0.15, 0.2) is 0 Å². The van der Waals surface area contributed by atoms with Gasteiger partial charge in [0, 0.05) is 18.2 Å². The molecule has 1 aliphatic carbocycles. The fraction of sp³-hybridized carbons (Fsp3) is 0.875. The molecule has 0 aromatic heterocycles. The van der Waals surface area contributed by atoms with E-state index in [-0.39, 0.29) is 0 Å². The highest BCUT2D eigenvalue weighted by atomic mass is 35.5. The largest absolute Gasteiger partial charge is 0.300 e. The molecule has 0 amide bonds. The van der Waals surface area contributed by atoms with Gasteiger partial charge in [-0.05, 0) is 25.7 Å². The highest BCUT2D eigenvalue weighted by Crippen LogP contribution is 2.18. The lowest BCUT2D eigenvalue weighted by atomic mass is 10.00. The van der Waals surface area contributed by atoms with Crippen LogP contribution in [0.15, 0.2) is 0 Å². The van der Waals surface area contributed by atoms with E-state index >= 15 is 0 Å². The van der Waals surface area contributed by atoms with E-state index < -0.39 is 0 Å². The molecule has 0 unspecified atom stereocenters. The van der Waals surface area contributed by atoms with E-state index in [2.05, 4.69) is 0 Å². The Morgan fingerprint density at radius 1 is 1.20 bits per heavy atom. The molecule has 0 spiro atoms. The third kappa shape index (κ3) is 2.70. The molecule has 0 aromatic rings. The number of alkyl halides is 1. The van der Waals surface area contributed by atoms with Gasteiger partial charge in [-0.3, -0.25) is 4.79 Å². The van der Waals surface area contributed by atoms with Crippen LogP contribution < -0.4 is 0 Å². The van der Waals surface area contributed by atoms with Gasteiger partial charge in [-0.2, -0.15) is 0 Å². The van der Waals surface area contributed by atoms with Gasteiger partial charge in [0.2, 0.25) is 0 Å². The molecule has 0 aromatic carbocycles. The average molecular weight is 161 g/mol. The topological polar surface area (TPSA) is 17.1 Å². The summed E-state index contributed by atoms with van der Waals surface area (Å²) in [6.07, 6.45) is 5.53. The fourth-order valence-corrected chi connectivity index (χ4v) is 1.62. The first-order valence-corrected chi connectivity index (χ1v) is 4.38. The highest BCUT2D eigenvalue weighted by molar-refractivity contribution is 6.20. The van der Waals surface area contributed by atoms with E-state index in [1.54, 1.807) is 0 Å². The lowest BCUT2D eigenvalue weighted by Gasteiger charge is -2.11. The number of carbonyl (C=O) groups excluding carboxylic acids is 1. The van der Waals surface area contributed by atoms with E-state index in [1.807, 2.05) is 0 Å². The Hall–Kier alpha value is -0.0400. The molecule has 10 heavy (non-hydrogen) atoms. The Kier molecular flexibility index (Phi) is 3.20. The van der Waals surface area contributed by atoms with Gasteiger partial charge in [0.05, 0.1) is 0 Å². The monoisotopic (exact) mass is 160 g/mol. The zero-order valence-electron chi connectivity index (χ0n) is 6.11. The van der Waals surface area contributed by atoms with Crippen molar-refractivity contribution in [3.05, 3.63) is 0 Å². The van der Waals surface area contributed by atoms with Gasteiger partial charge >= 0.3 is 0 Å². The fourth-order valence-electron chi connectivity index (χ4n) is 1.31. The van der Waals surface area contributed by atoms with E-state index in [1.165, 1.54) is 0 Å². The first kappa shape index (κ1) is 8.06. The number of hydrogen-bond donors (Lipinski definition) is 0. The number of carbonyl (C=O) groups is 1. The molecule has 0 bridgehead atoms. The minimum Gasteiger partial charge on any atom is -0.300 e. The third-order valence-corrected chi connectivity index (χ3v) is 2.38. The number of rotatable bonds is 0. The summed E-state index contributed by atoms with van der Waals surface area (Å²) < 4.78 is 0. The van der Waals surface area contributed by atoms with Crippen LogP contribution in [-0.2, 0) is 4.79 Å². The summed E-state index contributed by atoms with van der Waals surface area (Å²) in [5.41, 5.74) is 0. The van der Waals surface area contributed by atoms with E-state index in [0.29, 0.717) is 11.2 Å². The second-order valence-electron chi connectivity index (χ2n) is 2.92. The molecule has 0 N–H and O–H groups in total. The van der Waals surface area contributed by atoms with Crippen molar-refractivity contribution in [2.75, 3.05) is 0 Å². The maximum Gasteiger partial charge on any atom is 0.132 e. The van der Waals surface area contributed by atoms with E-state index in [0.717, 1.165) is 38.5 Å². The Morgan fingerprint density at radius 3 is 2.20 bits per heavy atom. The number of hydrogen-bond acceptors (Lipinski definition) is 1. The lowest BCUT2D eigenvalue weighted by Crippen LogP contribution is -2.07. The Bertz CT molecular complexity index is 110. The van der Waals surface area contributed by atoms with Gasteiger partial charge < -0.3 is 0 Å². The smallest absolute Gasteiger partial charge is 0.132 e. The van der Waals surface area contributed by atoms with Crippen molar-refractivity contribution in [1.82, 2.24) is 0 Å². The number of ketones is 1. The molecule has 1 fully saturated rings. The molecule has 1 saturated carbocycles. The van der Waals surface area contributed by atoms with Crippen molar-refractivity contribution in [2.45, 2.75) is 43.9 Å². The molecule has 1 aliphatic rings. The summed E-state index contributed by atoms with van der Waals surface area (Å²) in [5.74, 6) is 0.420. The van der Waals surface area contributed by atoms with Crippen LogP contribution in [0.4, 0.5) is 0 Å². The van der Waals surface area contributed by atoms with Crippen molar-refractivity contribution < 1.29 is 4.79 Å². The minimum absolute atomic E-state index is 0.327. The minimum atomic E-state index is 0.327. The van der Waals surface area contributed by atoms with Crippen LogP contribution in [0, 0.1) is 0 Å². The summed E-state index contributed by atoms with van der Waals surface area (Å²) in [7, 11) is 0. The summed E-state index contributed by atoms with van der Waals surface area (Å²) in [6, 6.07) is 0. The zero-order chi connectivity index (χ0) is 7.40. The highest BCUT2D eigenvalue weighted by Gasteiger charge is 2.11. The molecular weight excluding hydrogens is 148 g/mol. The summed E-state index contributed by atoms with van der Waals surface area (Å²) in [5, 5.41) is 0.327. The van der Waals surface area contributed by atoms with Crippen LogP contribution >= 0.6 is 11.6 Å². The van der Waals surface area contributed by atoms with Crippen LogP contribution in [0.25, 0.3) is 0 Å². The Balaban J connectivity index is 2.27. The van der Waals surface area contributed by atoms with Crippen LogP contribution in [0.1, 0.15) is 38.5 Å². The molecule has 2 heteroatoms. The van der Waals surface area contributed by atoms with Crippen molar-refractivity contribution in [1.29, 1.82) is 0 Å². The second-order valence-corrected chi connectivity index (χ2v) is 3.54. The quantitative estimate of drug-likeness (QED) is 0.498. The van der Waals surface area contributed by atoms with Crippen molar-refractivity contribution in [3.63, 3.8) is 0 Å². The van der Waals surface area contributed by atoms with Gasteiger partial charge in [-0.1, -0.05) is 0 Å². The van der Waals surface area contributed by atoms with E-state index in [4.69, 9.17) is 11.6 Å². The molecule has 1 rings (SSSR count). The van der Waals surface area contributed by atoms with Crippen LogP contribution in [-0.4, -0.2) is 11.2 Å². The van der Waals surface area contributed by atoms with Crippen molar-refractivity contribution >= 4 is 17.4 Å². The second kappa shape index (κ2) is 3.97. The summed E-state index contributed by atoms with van der Waals surface area (Å²) >= 11 is 5.93. The van der Waals surface area contributed by atoms with Crippen LogP contribution in [0.5, 0.6) is 0 Å². The maximum atomic E-state index is 10.9. The Morgan fingerprint density at radius 2 is 1.70 bits per heavy atom. The predicted molar refractivity (Wildman–Crippen MR) is 42.4 cm³/mol. The molecule has 0 heterocycles. The van der Waals surface area contributed by atoms with E-state index in [9.17, 15) is 4.79 Å². The zero-order valence-corrected chi connectivity index (χ0v) is 6.86. The number of halogens is 1. The van der Waals surface area contributed by atoms with Crippen molar-refractivity contribution in [3.8, 4) is 0 Å². The SMILES string of the molecule is O=C1CCCC(Cl)CCC1. The first-order valence-electron chi connectivity index (χ1n) is 3.95. The first-order chi connectivity index (χ1) is 4.79. The standard InChI is InChI=1S/C8H13ClO/c9-7-3-1-5-8(10)6-2-4-7/h7H,1-6H2. The normalized spacial score (nSPS) is 23.9. The molecule has 0 saturated heterocycles. The molecule has 0 atom stereocenters. The predicted octanol–water partition coefficient (Wildman–Crippen LogP) is 2.52. The van der Waals surface area contributed by atoms with Gasteiger partial charge in [-0.25, -0.2) is 0 Å². The number of Topliss-reactive ketones (excluding diaryl/α,β-unsaturated/α-hetero) is 1. The summed E-state index contributed by atoms with van der Waals surface area (Å²) in [6.45, 7) is 0. The maximum absolute atomic E-state index is 10.9.